The number of hydrogen-bond donors (Lipinski definition) is 1. The number of nitrogens with zero attached hydrogens (tertiary/aromatic N) is 3. The molecule has 0 bridgehead atoms. The van der Waals surface area contributed by atoms with E-state index < -0.39 is 5.91 Å². The Balaban J connectivity index is 1.36. The van der Waals surface area contributed by atoms with Crippen molar-refractivity contribution in [1.29, 1.82) is 5.26 Å². The van der Waals surface area contributed by atoms with Crippen LogP contribution in [0.2, 0.25) is 0 Å². The second-order valence-electron chi connectivity index (χ2n) is 8.59. The maximum absolute atomic E-state index is 12.9. The number of rotatable bonds is 8. The van der Waals surface area contributed by atoms with Gasteiger partial charge in [0.15, 0.2) is 5.13 Å². The molecule has 5 rings (SSSR count). The molecule has 0 aliphatic heterocycles. The van der Waals surface area contributed by atoms with Crippen molar-refractivity contribution >= 4 is 49.6 Å². The van der Waals surface area contributed by atoms with Crippen molar-refractivity contribution in [1.82, 2.24) is 9.55 Å². The van der Waals surface area contributed by atoms with E-state index in [0.717, 1.165) is 39.0 Å². The van der Waals surface area contributed by atoms with E-state index in [1.807, 2.05) is 85.1 Å². The van der Waals surface area contributed by atoms with E-state index in [2.05, 4.69) is 27.9 Å². The normalized spacial score (nSPS) is 12.4. The lowest BCUT2D eigenvalue weighted by Crippen LogP contribution is -2.15. The van der Waals surface area contributed by atoms with Crippen molar-refractivity contribution in [3.05, 3.63) is 96.2 Å². The molecule has 0 aliphatic carbocycles. The van der Waals surface area contributed by atoms with Gasteiger partial charge in [0.05, 0.1) is 16.8 Å². The highest BCUT2D eigenvalue weighted by Gasteiger charge is 2.15. The Labute approximate surface area is 213 Å². The van der Waals surface area contributed by atoms with Crippen LogP contribution in [0, 0.1) is 17.2 Å². The average molecular weight is 493 g/mol. The first-order valence-electron chi connectivity index (χ1n) is 11.6. The standard InChI is InChI=1S/C29H24N4O2S/c1-20(19-35-23-9-3-2-4-10-23)17-33-18-22(24-11-5-7-13-26(24)33)15-21(16-30)28(34)32-29-31-25-12-6-8-14-27(25)36-29/h2-15,18,20H,17,19H2,1H3,(H,31,32,34)/b21-15+. The van der Waals surface area contributed by atoms with Gasteiger partial charge in [-0.25, -0.2) is 4.98 Å². The summed E-state index contributed by atoms with van der Waals surface area (Å²) in [4.78, 5) is 17.3. The van der Waals surface area contributed by atoms with Gasteiger partial charge in [-0.2, -0.15) is 5.26 Å². The molecule has 1 atom stereocenters. The third-order valence-electron chi connectivity index (χ3n) is 5.78. The fraction of sp³-hybridized carbons (Fsp3) is 0.138. The van der Waals surface area contributed by atoms with Gasteiger partial charge in [0.1, 0.15) is 17.4 Å². The molecule has 0 spiro atoms. The quantitative estimate of drug-likeness (QED) is 0.198. The van der Waals surface area contributed by atoms with E-state index in [9.17, 15) is 10.1 Å². The molecule has 1 amide bonds. The van der Waals surface area contributed by atoms with Crippen molar-refractivity contribution in [2.45, 2.75) is 13.5 Å². The first-order chi connectivity index (χ1) is 17.6. The molecule has 0 radical (unpaired) electrons. The molecule has 0 saturated heterocycles. The van der Waals surface area contributed by atoms with Crippen LogP contribution in [-0.4, -0.2) is 22.1 Å². The number of ether oxygens (including phenoxy) is 1. The molecule has 178 valence electrons. The lowest BCUT2D eigenvalue weighted by Gasteiger charge is -2.15. The van der Waals surface area contributed by atoms with Gasteiger partial charge in [-0.05, 0) is 36.4 Å². The Hall–Kier alpha value is -4.41. The van der Waals surface area contributed by atoms with Crippen LogP contribution in [0.15, 0.2) is 90.6 Å². The number of fused-ring (bicyclic) bond motifs is 2. The molecule has 2 aromatic heterocycles. The fourth-order valence-electron chi connectivity index (χ4n) is 4.08. The summed E-state index contributed by atoms with van der Waals surface area (Å²) in [6.45, 7) is 3.45. The average Bonchev–Trinajstić information content (AvgIpc) is 3.47. The van der Waals surface area contributed by atoms with Crippen molar-refractivity contribution in [2.24, 2.45) is 5.92 Å². The van der Waals surface area contributed by atoms with Crippen molar-refractivity contribution in [3.63, 3.8) is 0 Å². The second kappa shape index (κ2) is 10.5. The number of thiazole rings is 1. The molecule has 5 aromatic rings. The van der Waals surface area contributed by atoms with Crippen LogP contribution in [0.4, 0.5) is 5.13 Å². The maximum Gasteiger partial charge on any atom is 0.268 e. The summed E-state index contributed by atoms with van der Waals surface area (Å²) in [5, 5.41) is 14.0. The van der Waals surface area contributed by atoms with Crippen LogP contribution in [0.1, 0.15) is 12.5 Å². The molecule has 1 N–H and O–H groups in total. The van der Waals surface area contributed by atoms with Crippen LogP contribution < -0.4 is 10.1 Å². The summed E-state index contributed by atoms with van der Waals surface area (Å²) >= 11 is 1.38. The molecule has 1 unspecified atom stereocenters. The van der Waals surface area contributed by atoms with Gasteiger partial charge < -0.3 is 9.30 Å². The zero-order chi connectivity index (χ0) is 24.9. The Morgan fingerprint density at radius 1 is 1.11 bits per heavy atom. The number of nitrogens with one attached hydrogen (secondary N) is 1. The number of aromatic nitrogens is 2. The van der Waals surface area contributed by atoms with E-state index in [1.165, 1.54) is 11.3 Å². The SMILES string of the molecule is CC(COc1ccccc1)Cn1cc(/C=C(\C#N)C(=O)Nc2nc3ccccc3s2)c2ccccc21. The number of nitriles is 1. The highest BCUT2D eigenvalue weighted by Crippen LogP contribution is 2.27. The van der Waals surface area contributed by atoms with E-state index >= 15 is 0 Å². The summed E-state index contributed by atoms with van der Waals surface area (Å²) in [6, 6.07) is 27.5. The minimum atomic E-state index is -0.474. The molecular formula is C29H24N4O2S. The Kier molecular flexibility index (Phi) is 6.78. The summed E-state index contributed by atoms with van der Waals surface area (Å²) in [5.74, 6) is 0.622. The number of anilines is 1. The van der Waals surface area contributed by atoms with Crippen molar-refractivity contribution < 1.29 is 9.53 Å². The summed E-state index contributed by atoms with van der Waals surface area (Å²) in [6.07, 6.45) is 3.64. The molecule has 2 heterocycles. The first kappa shape index (κ1) is 23.3. The van der Waals surface area contributed by atoms with Gasteiger partial charge in [0, 0.05) is 35.1 Å². The summed E-state index contributed by atoms with van der Waals surface area (Å²) < 4.78 is 9.05. The molecule has 6 nitrogen and oxygen atoms in total. The molecular weight excluding hydrogens is 468 g/mol. The fourth-order valence-corrected chi connectivity index (χ4v) is 4.94. The number of carbonyl (C=O) groups is 1. The second-order valence-corrected chi connectivity index (χ2v) is 9.62. The topological polar surface area (TPSA) is 79.9 Å². The zero-order valence-corrected chi connectivity index (χ0v) is 20.5. The first-order valence-corrected chi connectivity index (χ1v) is 12.5. The predicted molar refractivity (Wildman–Crippen MR) is 145 cm³/mol. The zero-order valence-electron chi connectivity index (χ0n) is 19.7. The monoisotopic (exact) mass is 492 g/mol. The van der Waals surface area contributed by atoms with Crippen LogP contribution in [-0.2, 0) is 11.3 Å². The Morgan fingerprint density at radius 3 is 2.67 bits per heavy atom. The summed E-state index contributed by atoms with van der Waals surface area (Å²) in [5.41, 5.74) is 2.70. The van der Waals surface area contributed by atoms with Crippen LogP contribution in [0.5, 0.6) is 5.75 Å². The van der Waals surface area contributed by atoms with E-state index in [1.54, 1.807) is 6.08 Å². The Morgan fingerprint density at radius 2 is 1.86 bits per heavy atom. The summed E-state index contributed by atoms with van der Waals surface area (Å²) in [7, 11) is 0. The van der Waals surface area contributed by atoms with E-state index in [4.69, 9.17) is 4.74 Å². The van der Waals surface area contributed by atoms with Gasteiger partial charge in [-0.15, -0.1) is 0 Å². The Bertz CT molecular complexity index is 1560. The molecule has 3 aromatic carbocycles. The van der Waals surface area contributed by atoms with Gasteiger partial charge >= 0.3 is 0 Å². The number of hydrogen-bond acceptors (Lipinski definition) is 5. The van der Waals surface area contributed by atoms with E-state index in [0.29, 0.717) is 11.7 Å². The molecule has 0 fully saturated rings. The lowest BCUT2D eigenvalue weighted by atomic mass is 10.1. The number of benzene rings is 3. The highest BCUT2D eigenvalue weighted by atomic mass is 32.1. The van der Waals surface area contributed by atoms with Crippen molar-refractivity contribution in [3.8, 4) is 11.8 Å². The largest absolute Gasteiger partial charge is 0.493 e. The van der Waals surface area contributed by atoms with Crippen LogP contribution in [0.25, 0.3) is 27.2 Å². The third-order valence-corrected chi connectivity index (χ3v) is 6.74. The van der Waals surface area contributed by atoms with E-state index in [-0.39, 0.29) is 11.5 Å². The lowest BCUT2D eigenvalue weighted by molar-refractivity contribution is -0.112. The maximum atomic E-state index is 12.9. The predicted octanol–water partition coefficient (Wildman–Crippen LogP) is 6.51. The molecule has 0 saturated carbocycles. The van der Waals surface area contributed by atoms with Gasteiger partial charge in [0.2, 0.25) is 0 Å². The number of carbonyl (C=O) groups excluding carboxylic acids is 1. The van der Waals surface area contributed by atoms with Crippen molar-refractivity contribution in [2.75, 3.05) is 11.9 Å². The minimum Gasteiger partial charge on any atom is -0.493 e. The minimum absolute atomic E-state index is 0.0256. The van der Waals surface area contributed by atoms with Gasteiger partial charge in [-0.1, -0.05) is 66.8 Å². The smallest absolute Gasteiger partial charge is 0.268 e. The van der Waals surface area contributed by atoms with Crippen LogP contribution >= 0.6 is 11.3 Å². The number of para-hydroxylation sites is 3. The molecule has 36 heavy (non-hydrogen) atoms. The molecule has 0 aliphatic rings. The number of amides is 1. The third kappa shape index (κ3) is 5.14. The van der Waals surface area contributed by atoms with Crippen LogP contribution in [0.3, 0.4) is 0 Å². The van der Waals surface area contributed by atoms with Gasteiger partial charge in [0.25, 0.3) is 5.91 Å². The molecule has 7 heteroatoms. The van der Waals surface area contributed by atoms with Gasteiger partial charge in [-0.3, -0.25) is 10.1 Å². The highest BCUT2D eigenvalue weighted by molar-refractivity contribution is 7.22.